The van der Waals surface area contributed by atoms with Crippen LogP contribution in [0.2, 0.25) is 0 Å². The van der Waals surface area contributed by atoms with Gasteiger partial charge in [0.25, 0.3) is 5.91 Å². The monoisotopic (exact) mass is 340 g/mol. The fourth-order valence-corrected chi connectivity index (χ4v) is 3.39. The minimum absolute atomic E-state index is 0.0248. The first-order chi connectivity index (χ1) is 12.1. The first-order valence-corrected chi connectivity index (χ1v) is 8.80. The van der Waals surface area contributed by atoms with Crippen LogP contribution in [0.25, 0.3) is 0 Å². The molecule has 2 aromatic rings. The Morgan fingerprint density at radius 1 is 1.16 bits per heavy atom. The second kappa shape index (κ2) is 8.01. The van der Waals surface area contributed by atoms with Crippen molar-refractivity contribution < 1.29 is 14.0 Å². The second-order valence-corrected chi connectivity index (χ2v) is 6.49. The average Bonchev–Trinajstić information content (AvgIpc) is 2.92. The number of nitrogens with zero attached hydrogens (tertiary/aromatic N) is 1. The van der Waals surface area contributed by atoms with Crippen LogP contribution in [0.15, 0.2) is 47.1 Å². The molecule has 1 atom stereocenters. The molecule has 1 aliphatic heterocycles. The zero-order valence-electron chi connectivity index (χ0n) is 14.5. The molecule has 5 heteroatoms. The smallest absolute Gasteiger partial charge is 0.255 e. The minimum atomic E-state index is -0.267. The lowest BCUT2D eigenvalue weighted by Gasteiger charge is -2.21. The van der Waals surface area contributed by atoms with Gasteiger partial charge in [0.05, 0.1) is 18.4 Å². The number of benzene rings is 1. The Balaban J connectivity index is 1.51. The van der Waals surface area contributed by atoms with Crippen molar-refractivity contribution in [2.75, 3.05) is 19.6 Å². The van der Waals surface area contributed by atoms with Gasteiger partial charge in [-0.15, -0.1) is 0 Å². The molecule has 1 aliphatic rings. The number of likely N-dealkylation sites (tertiary alicyclic amines) is 1. The quantitative estimate of drug-likeness (QED) is 0.930. The molecular formula is C20H24N2O3. The minimum Gasteiger partial charge on any atom is -0.469 e. The Morgan fingerprint density at radius 3 is 2.68 bits per heavy atom. The average molecular weight is 340 g/mol. The van der Waals surface area contributed by atoms with Crippen LogP contribution in [0, 0.1) is 6.92 Å². The van der Waals surface area contributed by atoms with E-state index < -0.39 is 0 Å². The number of furan rings is 1. The van der Waals surface area contributed by atoms with Crippen molar-refractivity contribution in [2.45, 2.75) is 32.1 Å². The van der Waals surface area contributed by atoms with Gasteiger partial charge in [0.1, 0.15) is 5.76 Å². The number of amides is 2. The van der Waals surface area contributed by atoms with Gasteiger partial charge < -0.3 is 14.6 Å². The molecule has 1 fully saturated rings. The molecule has 3 rings (SSSR count). The van der Waals surface area contributed by atoms with Crippen molar-refractivity contribution in [3.63, 3.8) is 0 Å². The predicted molar refractivity (Wildman–Crippen MR) is 95.4 cm³/mol. The molecular weight excluding hydrogens is 316 g/mol. The Kier molecular flexibility index (Phi) is 5.53. The van der Waals surface area contributed by atoms with Crippen LogP contribution in [0.4, 0.5) is 0 Å². The summed E-state index contributed by atoms with van der Waals surface area (Å²) in [6.07, 6.45) is 4.52. The van der Waals surface area contributed by atoms with Crippen LogP contribution in [0.3, 0.4) is 0 Å². The van der Waals surface area contributed by atoms with Crippen molar-refractivity contribution in [2.24, 2.45) is 0 Å². The van der Waals surface area contributed by atoms with Crippen molar-refractivity contribution in [3.8, 4) is 0 Å². The zero-order chi connectivity index (χ0) is 17.6. The maximum absolute atomic E-state index is 12.4. The SMILES string of the molecule is Cc1occc1C(=O)NCC(=O)N1CCC[C@@H](c2ccccc2)CC1. The topological polar surface area (TPSA) is 62.6 Å². The van der Waals surface area contributed by atoms with Gasteiger partial charge in [-0.1, -0.05) is 30.3 Å². The van der Waals surface area contributed by atoms with E-state index in [1.54, 1.807) is 13.0 Å². The highest BCUT2D eigenvalue weighted by atomic mass is 16.3. The number of hydrogen-bond donors (Lipinski definition) is 1. The molecule has 25 heavy (non-hydrogen) atoms. The second-order valence-electron chi connectivity index (χ2n) is 6.49. The van der Waals surface area contributed by atoms with Crippen LogP contribution >= 0.6 is 0 Å². The molecule has 1 aromatic heterocycles. The van der Waals surface area contributed by atoms with E-state index >= 15 is 0 Å². The summed E-state index contributed by atoms with van der Waals surface area (Å²) >= 11 is 0. The van der Waals surface area contributed by atoms with Crippen LogP contribution in [0.5, 0.6) is 0 Å². The van der Waals surface area contributed by atoms with Gasteiger partial charge in [-0.05, 0) is 43.7 Å². The van der Waals surface area contributed by atoms with Gasteiger partial charge in [-0.3, -0.25) is 9.59 Å². The third-order valence-corrected chi connectivity index (χ3v) is 4.86. The van der Waals surface area contributed by atoms with Gasteiger partial charge in [-0.2, -0.15) is 0 Å². The number of aryl methyl sites for hydroxylation is 1. The van der Waals surface area contributed by atoms with Crippen molar-refractivity contribution in [3.05, 3.63) is 59.5 Å². The summed E-state index contributed by atoms with van der Waals surface area (Å²) in [6.45, 7) is 3.25. The van der Waals surface area contributed by atoms with Gasteiger partial charge in [-0.25, -0.2) is 0 Å². The van der Waals surface area contributed by atoms with Gasteiger partial charge in [0.2, 0.25) is 5.91 Å². The molecule has 132 valence electrons. The summed E-state index contributed by atoms with van der Waals surface area (Å²) in [4.78, 5) is 26.4. The fraction of sp³-hybridized carbons (Fsp3) is 0.400. The summed E-state index contributed by atoms with van der Waals surface area (Å²) in [5, 5.41) is 2.70. The third-order valence-electron chi connectivity index (χ3n) is 4.86. The molecule has 0 aliphatic carbocycles. The number of carbonyl (C=O) groups is 2. The molecule has 0 bridgehead atoms. The Bertz CT molecular complexity index is 724. The molecule has 0 unspecified atom stereocenters. The molecule has 0 saturated carbocycles. The standard InChI is InChI=1S/C20H24N2O3/c1-15-18(10-13-25-15)20(24)21-14-19(23)22-11-5-8-17(9-12-22)16-6-3-2-4-7-16/h2-4,6-7,10,13,17H,5,8-9,11-12,14H2,1H3,(H,21,24)/t17-/m1/s1. The first kappa shape index (κ1) is 17.3. The van der Waals surface area contributed by atoms with E-state index in [0.717, 1.165) is 32.4 Å². The van der Waals surface area contributed by atoms with Gasteiger partial charge in [0.15, 0.2) is 0 Å². The highest BCUT2D eigenvalue weighted by Gasteiger charge is 2.22. The number of carbonyl (C=O) groups excluding carboxylic acids is 2. The normalized spacial score (nSPS) is 17.8. The maximum atomic E-state index is 12.4. The third kappa shape index (κ3) is 4.29. The Hall–Kier alpha value is -2.56. The Morgan fingerprint density at radius 2 is 1.96 bits per heavy atom. The lowest BCUT2D eigenvalue weighted by molar-refractivity contribution is -0.130. The molecule has 1 saturated heterocycles. The number of nitrogens with one attached hydrogen (secondary N) is 1. The summed E-state index contributed by atoms with van der Waals surface area (Å²) < 4.78 is 5.12. The summed E-state index contributed by atoms with van der Waals surface area (Å²) in [6, 6.07) is 12.1. The van der Waals surface area contributed by atoms with E-state index in [9.17, 15) is 9.59 Å². The molecule has 2 heterocycles. The van der Waals surface area contributed by atoms with E-state index in [2.05, 4.69) is 29.6 Å². The molecule has 5 nitrogen and oxygen atoms in total. The van der Waals surface area contributed by atoms with Crippen LogP contribution < -0.4 is 5.32 Å². The molecule has 1 aromatic carbocycles. The maximum Gasteiger partial charge on any atom is 0.255 e. The fourth-order valence-electron chi connectivity index (χ4n) is 3.39. The predicted octanol–water partition coefficient (Wildman–Crippen LogP) is 3.11. The number of rotatable bonds is 4. The first-order valence-electron chi connectivity index (χ1n) is 8.80. The van der Waals surface area contributed by atoms with Gasteiger partial charge in [0, 0.05) is 13.1 Å². The lowest BCUT2D eigenvalue weighted by atomic mass is 9.92. The summed E-state index contributed by atoms with van der Waals surface area (Å²) in [5.41, 5.74) is 1.83. The summed E-state index contributed by atoms with van der Waals surface area (Å²) in [7, 11) is 0. The van der Waals surface area contributed by atoms with Crippen LogP contribution in [-0.2, 0) is 4.79 Å². The van der Waals surface area contributed by atoms with E-state index in [4.69, 9.17) is 4.42 Å². The lowest BCUT2D eigenvalue weighted by Crippen LogP contribution is -2.40. The van der Waals surface area contributed by atoms with E-state index in [-0.39, 0.29) is 18.4 Å². The molecule has 1 N–H and O–H groups in total. The van der Waals surface area contributed by atoms with E-state index in [1.165, 1.54) is 11.8 Å². The van der Waals surface area contributed by atoms with Crippen LogP contribution in [0.1, 0.15) is 46.9 Å². The molecule has 0 spiro atoms. The highest BCUT2D eigenvalue weighted by Crippen LogP contribution is 2.27. The van der Waals surface area contributed by atoms with Crippen molar-refractivity contribution in [1.29, 1.82) is 0 Å². The van der Waals surface area contributed by atoms with Crippen molar-refractivity contribution >= 4 is 11.8 Å². The van der Waals surface area contributed by atoms with E-state index in [0.29, 0.717) is 17.2 Å². The van der Waals surface area contributed by atoms with Crippen LogP contribution in [-0.4, -0.2) is 36.3 Å². The van der Waals surface area contributed by atoms with Crippen molar-refractivity contribution in [1.82, 2.24) is 10.2 Å². The Labute approximate surface area is 148 Å². The summed E-state index contributed by atoms with van der Waals surface area (Å²) in [5.74, 6) is 0.771. The largest absolute Gasteiger partial charge is 0.469 e. The number of hydrogen-bond acceptors (Lipinski definition) is 3. The molecule has 2 amide bonds. The molecule has 0 radical (unpaired) electrons. The highest BCUT2D eigenvalue weighted by molar-refractivity contribution is 5.97. The van der Waals surface area contributed by atoms with E-state index in [1.807, 2.05) is 11.0 Å². The zero-order valence-corrected chi connectivity index (χ0v) is 14.5. The van der Waals surface area contributed by atoms with Gasteiger partial charge >= 0.3 is 0 Å².